The van der Waals surface area contributed by atoms with Crippen molar-refractivity contribution in [2.24, 2.45) is 0 Å². The number of nitrogens with one attached hydrogen (secondary N) is 1. The number of halogens is 1. The molecule has 0 fully saturated rings. The Kier molecular flexibility index (Phi) is 8.24. The highest BCUT2D eigenvalue weighted by molar-refractivity contribution is 9.10. The molecule has 1 aliphatic carbocycles. The number of carbonyl (C=O) groups is 2. The maximum absolute atomic E-state index is 13.8. The number of hydrogen-bond donors (Lipinski definition) is 2. The molecule has 4 rings (SSSR count). The lowest BCUT2D eigenvalue weighted by Gasteiger charge is -2.37. The van der Waals surface area contributed by atoms with Crippen LogP contribution in [0, 0.1) is 0 Å². The van der Waals surface area contributed by atoms with E-state index in [-0.39, 0.29) is 42.8 Å². The lowest BCUT2D eigenvalue weighted by molar-refractivity contribution is -0.140. The van der Waals surface area contributed by atoms with Crippen LogP contribution in [0.5, 0.6) is 17.2 Å². The molecule has 2 aromatic rings. The number of Topliss-reactive ketones (excluding diaryl/α,β-unsaturated/α-hetero) is 1. The van der Waals surface area contributed by atoms with Crippen LogP contribution in [0.25, 0.3) is 0 Å². The summed E-state index contributed by atoms with van der Waals surface area (Å²) in [4.78, 5) is 27.1. The fourth-order valence-electron chi connectivity index (χ4n) is 5.08. The van der Waals surface area contributed by atoms with Crippen LogP contribution in [0.4, 0.5) is 0 Å². The van der Waals surface area contributed by atoms with Gasteiger partial charge in [-0.3, -0.25) is 4.79 Å². The van der Waals surface area contributed by atoms with Crippen molar-refractivity contribution >= 4 is 27.7 Å². The summed E-state index contributed by atoms with van der Waals surface area (Å²) in [6.45, 7) is 2.13. The quantitative estimate of drug-likeness (QED) is 0.346. The molecule has 1 heterocycles. The predicted octanol–water partition coefficient (Wildman–Crippen LogP) is 4.72. The van der Waals surface area contributed by atoms with Crippen molar-refractivity contribution in [1.29, 1.82) is 0 Å². The highest BCUT2D eigenvalue weighted by atomic mass is 79.9. The Morgan fingerprint density at radius 3 is 2.51 bits per heavy atom. The Morgan fingerprint density at radius 1 is 1.08 bits per heavy atom. The highest BCUT2D eigenvalue weighted by Gasteiger charge is 2.42. The highest BCUT2D eigenvalue weighted by Crippen LogP contribution is 2.49. The summed E-state index contributed by atoms with van der Waals surface area (Å²) in [5.74, 6) is -0.508. The molecular weight excluding hydrogens is 542 g/mol. The first-order chi connectivity index (χ1) is 17.8. The van der Waals surface area contributed by atoms with Crippen molar-refractivity contribution in [2.75, 3.05) is 34.5 Å². The maximum Gasteiger partial charge on any atom is 0.336 e. The minimum Gasteiger partial charge on any atom is -0.503 e. The van der Waals surface area contributed by atoms with Crippen LogP contribution in [0.1, 0.15) is 42.7 Å². The zero-order chi connectivity index (χ0) is 26.7. The van der Waals surface area contributed by atoms with Gasteiger partial charge in [0.2, 0.25) is 0 Å². The van der Waals surface area contributed by atoms with Gasteiger partial charge >= 0.3 is 5.97 Å². The predicted molar refractivity (Wildman–Crippen MR) is 141 cm³/mol. The number of carbonyl (C=O) groups excluding carboxylic acids is 2. The molecule has 0 amide bonds. The molecule has 2 aliphatic rings. The van der Waals surface area contributed by atoms with Gasteiger partial charge in [-0.05, 0) is 58.6 Å². The van der Waals surface area contributed by atoms with Gasteiger partial charge < -0.3 is 29.4 Å². The van der Waals surface area contributed by atoms with Gasteiger partial charge in [0.1, 0.15) is 12.4 Å². The Morgan fingerprint density at radius 2 is 1.81 bits per heavy atom. The first-order valence-corrected chi connectivity index (χ1v) is 12.7. The van der Waals surface area contributed by atoms with Gasteiger partial charge in [-0.15, -0.1) is 0 Å². The van der Waals surface area contributed by atoms with Gasteiger partial charge in [-0.25, -0.2) is 4.79 Å². The van der Waals surface area contributed by atoms with Crippen LogP contribution >= 0.6 is 15.9 Å². The molecule has 196 valence electrons. The van der Waals surface area contributed by atoms with Gasteiger partial charge in [-0.1, -0.05) is 18.2 Å². The first-order valence-electron chi connectivity index (χ1n) is 11.9. The summed E-state index contributed by atoms with van der Waals surface area (Å²) in [6, 6.07) is 11.1. The molecular formula is C28H30BrNO7. The van der Waals surface area contributed by atoms with Crippen LogP contribution in [0.3, 0.4) is 0 Å². The largest absolute Gasteiger partial charge is 0.503 e. The van der Waals surface area contributed by atoms with Crippen molar-refractivity contribution in [2.45, 2.75) is 31.6 Å². The summed E-state index contributed by atoms with van der Waals surface area (Å²) < 4.78 is 21.8. The lowest BCUT2D eigenvalue weighted by Crippen LogP contribution is -2.36. The topological polar surface area (TPSA) is 103 Å². The molecule has 0 spiro atoms. The fraction of sp³-hybridized carbons (Fsp3) is 0.357. The molecule has 0 saturated carbocycles. The van der Waals surface area contributed by atoms with E-state index in [4.69, 9.17) is 18.9 Å². The molecule has 0 radical (unpaired) electrons. The van der Waals surface area contributed by atoms with Crippen molar-refractivity contribution < 1.29 is 33.6 Å². The van der Waals surface area contributed by atoms with Gasteiger partial charge in [0.25, 0.3) is 0 Å². The van der Waals surface area contributed by atoms with Crippen LogP contribution in [0.2, 0.25) is 0 Å². The van der Waals surface area contributed by atoms with Gasteiger partial charge in [-0.2, -0.15) is 0 Å². The number of ketones is 1. The Labute approximate surface area is 224 Å². The second-order valence-corrected chi connectivity index (χ2v) is 9.80. The average molecular weight is 572 g/mol. The second kappa shape index (κ2) is 11.4. The van der Waals surface area contributed by atoms with Gasteiger partial charge in [0.05, 0.1) is 30.9 Å². The number of phenolic OH excluding ortho intramolecular Hbond substituents is 1. The molecule has 1 aliphatic heterocycles. The summed E-state index contributed by atoms with van der Waals surface area (Å²) in [5.41, 5.74) is 3.78. The number of phenols is 1. The van der Waals surface area contributed by atoms with E-state index in [1.54, 1.807) is 26.2 Å². The van der Waals surface area contributed by atoms with Crippen LogP contribution in [0.15, 0.2) is 63.4 Å². The third-order valence-electron chi connectivity index (χ3n) is 6.75. The number of dihydropyridines is 1. The Hall–Kier alpha value is -3.30. The molecule has 2 atom stereocenters. The lowest BCUT2D eigenvalue weighted by atomic mass is 9.71. The van der Waals surface area contributed by atoms with E-state index in [9.17, 15) is 14.7 Å². The number of benzene rings is 2. The molecule has 37 heavy (non-hydrogen) atoms. The minimum atomic E-state index is -0.705. The zero-order valence-electron chi connectivity index (χ0n) is 21.2. The van der Waals surface area contributed by atoms with Crippen molar-refractivity contribution in [3.8, 4) is 17.2 Å². The van der Waals surface area contributed by atoms with E-state index >= 15 is 0 Å². The molecule has 8 nitrogen and oxygen atoms in total. The Bertz CT molecular complexity index is 1280. The summed E-state index contributed by atoms with van der Waals surface area (Å²) in [6.07, 6.45) is 0.830. The van der Waals surface area contributed by atoms with Crippen molar-refractivity contribution in [3.63, 3.8) is 0 Å². The van der Waals surface area contributed by atoms with Crippen molar-refractivity contribution in [1.82, 2.24) is 5.32 Å². The number of hydrogen-bond acceptors (Lipinski definition) is 8. The van der Waals surface area contributed by atoms with E-state index < -0.39 is 11.9 Å². The summed E-state index contributed by atoms with van der Waals surface area (Å²) >= 11 is 3.38. The number of para-hydroxylation sites is 1. The van der Waals surface area contributed by atoms with Gasteiger partial charge in [0, 0.05) is 42.3 Å². The van der Waals surface area contributed by atoms with Crippen LogP contribution in [-0.2, 0) is 19.1 Å². The molecule has 2 aromatic carbocycles. The number of methoxy groups -OCH3 is 3. The molecule has 2 N–H and O–H groups in total. The van der Waals surface area contributed by atoms with Gasteiger partial charge in [0.15, 0.2) is 17.3 Å². The van der Waals surface area contributed by atoms with E-state index in [1.165, 1.54) is 14.2 Å². The smallest absolute Gasteiger partial charge is 0.336 e. The Balaban J connectivity index is 1.82. The third kappa shape index (κ3) is 5.24. The minimum absolute atomic E-state index is 0.0643. The molecule has 0 bridgehead atoms. The number of aromatic hydroxyl groups is 1. The van der Waals surface area contributed by atoms with E-state index in [0.29, 0.717) is 33.3 Å². The summed E-state index contributed by atoms with van der Waals surface area (Å²) in [5, 5.41) is 13.7. The maximum atomic E-state index is 13.8. The van der Waals surface area contributed by atoms with Crippen LogP contribution < -0.4 is 14.8 Å². The normalized spacial score (nSPS) is 19.3. The molecule has 9 heteroatoms. The van der Waals surface area contributed by atoms with Crippen LogP contribution in [-0.4, -0.2) is 51.4 Å². The molecule has 0 aromatic heterocycles. The summed E-state index contributed by atoms with van der Waals surface area (Å²) in [7, 11) is 4.59. The van der Waals surface area contributed by atoms with E-state index in [1.807, 2.05) is 24.3 Å². The number of ether oxygens (including phenoxy) is 4. The number of esters is 1. The standard InChI is InChI=1S/C28H30BrNO7/c1-15-24(28(33)37-10-9-34-2)25(17-11-19(29)27(32)23(14-17)36-4)26-20(30-15)12-16(13-21(26)31)18-7-5-6-8-22(18)35-3/h5-8,11,14,16,25,30,32H,9-10,12-13H2,1-4H3. The fourth-order valence-corrected chi connectivity index (χ4v) is 5.54. The number of allylic oxidation sites excluding steroid dienone is 3. The van der Waals surface area contributed by atoms with E-state index in [0.717, 1.165) is 17.0 Å². The average Bonchev–Trinajstić information content (AvgIpc) is 2.89. The van der Waals surface area contributed by atoms with E-state index in [2.05, 4.69) is 21.2 Å². The number of rotatable bonds is 8. The molecule has 2 unspecified atom stereocenters. The third-order valence-corrected chi connectivity index (χ3v) is 7.36. The first kappa shape index (κ1) is 26.8. The van der Waals surface area contributed by atoms with Crippen molar-refractivity contribution in [3.05, 3.63) is 74.5 Å². The molecule has 0 saturated heterocycles. The second-order valence-electron chi connectivity index (χ2n) is 8.94. The SMILES string of the molecule is COCCOC(=O)C1=C(C)NC2=C(C(=O)CC(c3ccccc3OC)C2)C1c1cc(Br)c(O)c(OC)c1. The monoisotopic (exact) mass is 571 g/mol. The zero-order valence-corrected chi connectivity index (χ0v) is 22.8.